The molecule has 10 rings (SSSR count). The number of nitrogen functional groups attached to an aromatic ring is 1. The van der Waals surface area contributed by atoms with Crippen molar-refractivity contribution >= 4 is 34.8 Å². The SMILES string of the molecule is Cc1ccc(Oc2ccccc2)cc1N.Cc1ccc(Oc2ccccc2)cc1NC(=O)c1cncc(-n2cccc2)c1.O=C(Nc1cc(Oc2ccccc2)ccc1C(=O)O)c1cncc(-n2cccc2)c1. The first-order chi connectivity index (χ1) is 35.5. The van der Waals surface area contributed by atoms with Crippen LogP contribution in [0.5, 0.6) is 34.5 Å². The summed E-state index contributed by atoms with van der Waals surface area (Å²) in [5.41, 5.74) is 11.7. The number of benzene rings is 6. The van der Waals surface area contributed by atoms with Crippen LogP contribution in [-0.2, 0) is 0 Å². The Morgan fingerprint density at radius 3 is 1.29 bits per heavy atom. The number of nitrogens with two attached hydrogens (primary N) is 1. The average molecular weight is 968 g/mol. The number of hydrogen-bond acceptors (Lipinski definition) is 9. The lowest BCUT2D eigenvalue weighted by Crippen LogP contribution is -2.15. The predicted molar refractivity (Wildman–Crippen MR) is 283 cm³/mol. The summed E-state index contributed by atoms with van der Waals surface area (Å²) < 4.78 is 21.0. The van der Waals surface area contributed by atoms with Gasteiger partial charge >= 0.3 is 5.97 Å². The van der Waals surface area contributed by atoms with Gasteiger partial charge < -0.3 is 44.8 Å². The molecular weight excluding hydrogens is 919 g/mol. The molecule has 73 heavy (non-hydrogen) atoms. The number of carbonyl (C=O) groups is 3. The first-order valence-electron chi connectivity index (χ1n) is 22.9. The number of rotatable bonds is 13. The molecule has 14 nitrogen and oxygen atoms in total. The molecule has 0 atom stereocenters. The van der Waals surface area contributed by atoms with E-state index in [1.54, 1.807) is 42.9 Å². The molecule has 362 valence electrons. The average Bonchev–Trinajstić information content (AvgIpc) is 4.17. The van der Waals surface area contributed by atoms with Gasteiger partial charge in [0, 0.05) is 66.8 Å². The predicted octanol–water partition coefficient (Wildman–Crippen LogP) is 13.2. The smallest absolute Gasteiger partial charge is 0.337 e. The van der Waals surface area contributed by atoms with E-state index in [4.69, 9.17) is 19.9 Å². The fourth-order valence-electron chi connectivity index (χ4n) is 7.02. The monoisotopic (exact) mass is 967 g/mol. The second kappa shape index (κ2) is 23.9. The first kappa shape index (κ1) is 49.2. The molecule has 0 fully saturated rings. The molecule has 0 unspecified atom stereocenters. The summed E-state index contributed by atoms with van der Waals surface area (Å²) in [6.45, 7) is 3.91. The molecule has 10 aromatic rings. The lowest BCUT2D eigenvalue weighted by atomic mass is 10.1. The number of nitrogens with one attached hydrogen (secondary N) is 2. The molecular formula is C59H49N7O7. The number of pyridine rings is 2. The second-order valence-corrected chi connectivity index (χ2v) is 16.2. The number of hydrogen-bond donors (Lipinski definition) is 4. The number of aryl methyl sites for hydroxylation is 2. The maximum absolute atomic E-state index is 12.8. The highest BCUT2D eigenvalue weighted by Gasteiger charge is 2.17. The Balaban J connectivity index is 0.000000154. The van der Waals surface area contributed by atoms with Gasteiger partial charge in [0.25, 0.3) is 11.8 Å². The van der Waals surface area contributed by atoms with Crippen molar-refractivity contribution in [1.82, 2.24) is 19.1 Å². The van der Waals surface area contributed by atoms with Gasteiger partial charge in [-0.1, -0.05) is 66.7 Å². The summed E-state index contributed by atoms with van der Waals surface area (Å²) in [6.07, 6.45) is 13.8. The van der Waals surface area contributed by atoms with Crippen LogP contribution in [0.25, 0.3) is 11.4 Å². The van der Waals surface area contributed by atoms with Crippen LogP contribution in [0, 0.1) is 13.8 Å². The second-order valence-electron chi connectivity index (χ2n) is 16.2. The number of carboxylic acids is 1. The van der Waals surface area contributed by atoms with Crippen LogP contribution in [0.15, 0.2) is 232 Å². The van der Waals surface area contributed by atoms with Crippen molar-refractivity contribution in [3.05, 3.63) is 259 Å². The molecule has 6 aromatic carbocycles. The molecule has 5 N–H and O–H groups in total. The zero-order valence-electron chi connectivity index (χ0n) is 39.7. The van der Waals surface area contributed by atoms with Crippen LogP contribution in [0.3, 0.4) is 0 Å². The molecule has 2 amide bonds. The van der Waals surface area contributed by atoms with E-state index in [0.29, 0.717) is 39.8 Å². The van der Waals surface area contributed by atoms with Crippen LogP contribution in [0.4, 0.5) is 17.1 Å². The number of carbonyl (C=O) groups excluding carboxylic acids is 2. The number of para-hydroxylation sites is 3. The zero-order valence-corrected chi connectivity index (χ0v) is 39.7. The topological polar surface area (TPSA) is 185 Å². The number of carboxylic acid groups (broad SMARTS) is 1. The lowest BCUT2D eigenvalue weighted by molar-refractivity contribution is 0.0697. The molecule has 0 aliphatic rings. The van der Waals surface area contributed by atoms with Crippen LogP contribution in [0.1, 0.15) is 42.2 Å². The number of aromatic nitrogens is 4. The third-order valence-corrected chi connectivity index (χ3v) is 10.9. The molecule has 4 aromatic heterocycles. The largest absolute Gasteiger partial charge is 0.478 e. The van der Waals surface area contributed by atoms with Crippen molar-refractivity contribution in [3.8, 4) is 45.9 Å². The van der Waals surface area contributed by atoms with Crippen molar-refractivity contribution in [1.29, 1.82) is 0 Å². The quantitative estimate of drug-likeness (QED) is 0.0811. The molecule has 0 saturated heterocycles. The summed E-state index contributed by atoms with van der Waals surface area (Å²) in [5.74, 6) is 2.14. The number of aromatic carboxylic acids is 1. The van der Waals surface area contributed by atoms with Gasteiger partial charge in [-0.3, -0.25) is 19.6 Å². The summed E-state index contributed by atoms with van der Waals surface area (Å²) in [7, 11) is 0. The maximum atomic E-state index is 12.8. The number of ether oxygens (including phenoxy) is 3. The molecule has 0 spiro atoms. The molecule has 0 aliphatic heterocycles. The van der Waals surface area contributed by atoms with Crippen LogP contribution < -0.4 is 30.6 Å². The van der Waals surface area contributed by atoms with E-state index in [1.165, 1.54) is 18.3 Å². The lowest BCUT2D eigenvalue weighted by Gasteiger charge is -2.12. The Kier molecular flexibility index (Phi) is 16.1. The van der Waals surface area contributed by atoms with E-state index < -0.39 is 11.9 Å². The van der Waals surface area contributed by atoms with Gasteiger partial charge in [-0.25, -0.2) is 4.79 Å². The highest BCUT2D eigenvalue weighted by atomic mass is 16.5. The van der Waals surface area contributed by atoms with Crippen molar-refractivity contribution < 1.29 is 33.7 Å². The van der Waals surface area contributed by atoms with Gasteiger partial charge in [-0.2, -0.15) is 0 Å². The Labute approximate surface area is 421 Å². The van der Waals surface area contributed by atoms with E-state index in [1.807, 2.05) is 193 Å². The summed E-state index contributed by atoms with van der Waals surface area (Å²) in [4.78, 5) is 45.5. The molecule has 0 radical (unpaired) electrons. The maximum Gasteiger partial charge on any atom is 0.337 e. The number of amides is 2. The van der Waals surface area contributed by atoms with Gasteiger partial charge in [-0.15, -0.1) is 0 Å². The van der Waals surface area contributed by atoms with Crippen LogP contribution >= 0.6 is 0 Å². The van der Waals surface area contributed by atoms with Gasteiger partial charge in [0.1, 0.15) is 34.5 Å². The Morgan fingerprint density at radius 2 is 0.849 bits per heavy atom. The molecule has 0 aliphatic carbocycles. The Hall–Kier alpha value is -10.2. The van der Waals surface area contributed by atoms with E-state index in [-0.39, 0.29) is 17.2 Å². The summed E-state index contributed by atoms with van der Waals surface area (Å²) in [6, 6.07) is 55.1. The molecule has 4 heterocycles. The van der Waals surface area contributed by atoms with Crippen molar-refractivity contribution in [2.45, 2.75) is 13.8 Å². The van der Waals surface area contributed by atoms with E-state index in [2.05, 4.69) is 20.6 Å². The molecule has 14 heteroatoms. The van der Waals surface area contributed by atoms with Crippen LogP contribution in [0.2, 0.25) is 0 Å². The minimum absolute atomic E-state index is 0.0433. The zero-order chi connectivity index (χ0) is 50.9. The van der Waals surface area contributed by atoms with Gasteiger partial charge in [0.05, 0.1) is 46.1 Å². The fraction of sp³-hybridized carbons (Fsp3) is 0.0339. The van der Waals surface area contributed by atoms with Gasteiger partial charge in [0.2, 0.25) is 0 Å². The third-order valence-electron chi connectivity index (χ3n) is 10.9. The minimum atomic E-state index is -1.16. The first-order valence-corrected chi connectivity index (χ1v) is 22.9. The van der Waals surface area contributed by atoms with Crippen LogP contribution in [-0.4, -0.2) is 42.0 Å². The molecule has 0 bridgehead atoms. The minimum Gasteiger partial charge on any atom is -0.478 e. The summed E-state index contributed by atoms with van der Waals surface area (Å²) in [5, 5.41) is 15.1. The van der Waals surface area contributed by atoms with E-state index in [0.717, 1.165) is 39.8 Å². The highest BCUT2D eigenvalue weighted by Crippen LogP contribution is 2.30. The Bertz CT molecular complexity index is 3430. The normalized spacial score (nSPS) is 10.3. The van der Waals surface area contributed by atoms with Gasteiger partial charge in [-0.05, 0) is 122 Å². The van der Waals surface area contributed by atoms with E-state index >= 15 is 0 Å². The van der Waals surface area contributed by atoms with Crippen molar-refractivity contribution in [2.75, 3.05) is 16.4 Å². The highest BCUT2D eigenvalue weighted by molar-refractivity contribution is 6.08. The third kappa shape index (κ3) is 13.7. The number of nitrogens with zero attached hydrogens (tertiary/aromatic N) is 4. The standard InChI is InChI=1S/C23H17N3O4.C23H19N3O2.C13H13NO/c27-22(16-12-17(15-24-14-16)26-10-4-5-11-26)25-21-13-19(8-9-20(21)23(28)29)30-18-6-2-1-3-7-18;1-17-9-10-21(28-20-7-3-2-4-8-20)14-22(17)25-23(27)18-13-19(16-24-15-18)26-11-5-6-12-26;1-10-7-8-12(9-13(10)14)15-11-5-3-2-4-6-11/h1-15H,(H,25,27)(H,28,29);2-16H,1H3,(H,25,27);2-9H,14H2,1H3. The number of anilines is 3. The van der Waals surface area contributed by atoms with Crippen molar-refractivity contribution in [2.24, 2.45) is 0 Å². The van der Waals surface area contributed by atoms with Crippen molar-refractivity contribution in [3.63, 3.8) is 0 Å². The van der Waals surface area contributed by atoms with E-state index in [9.17, 15) is 19.5 Å². The Morgan fingerprint density at radius 1 is 0.452 bits per heavy atom. The summed E-state index contributed by atoms with van der Waals surface area (Å²) >= 11 is 0. The molecule has 0 saturated carbocycles. The fourth-order valence-corrected chi connectivity index (χ4v) is 7.02. The van der Waals surface area contributed by atoms with Gasteiger partial charge in [0.15, 0.2) is 0 Å².